The summed E-state index contributed by atoms with van der Waals surface area (Å²) in [7, 11) is 3.20. The highest BCUT2D eigenvalue weighted by Crippen LogP contribution is 2.49. The number of piperidine rings is 1. The highest BCUT2D eigenvalue weighted by Gasteiger charge is 2.44. The van der Waals surface area contributed by atoms with Crippen LogP contribution in [0.15, 0.2) is 48.0 Å². The van der Waals surface area contributed by atoms with E-state index in [0.717, 1.165) is 62.6 Å². The van der Waals surface area contributed by atoms with E-state index in [-0.39, 0.29) is 61.0 Å². The van der Waals surface area contributed by atoms with Gasteiger partial charge < -0.3 is 48.5 Å². The van der Waals surface area contributed by atoms with Crippen LogP contribution in [0.4, 0.5) is 4.79 Å². The van der Waals surface area contributed by atoms with Crippen molar-refractivity contribution in [2.75, 3.05) is 53.8 Å². The van der Waals surface area contributed by atoms with E-state index in [2.05, 4.69) is 20.3 Å². The number of carbonyl (C=O) groups excluding carboxylic acids is 4. The number of carbonyl (C=O) groups is 4. The number of hydrazone groups is 1. The Bertz CT molecular complexity index is 2530. The van der Waals surface area contributed by atoms with E-state index in [4.69, 9.17) is 33.5 Å². The van der Waals surface area contributed by atoms with Crippen LogP contribution in [-0.2, 0) is 14.4 Å². The third-order valence-electron chi connectivity index (χ3n) is 13.9. The van der Waals surface area contributed by atoms with Crippen LogP contribution >= 0.6 is 0 Å². The molecule has 4 fully saturated rings. The predicted octanol–water partition coefficient (Wildman–Crippen LogP) is 6.06. The van der Waals surface area contributed by atoms with E-state index in [1.54, 1.807) is 29.0 Å². The Labute approximate surface area is 382 Å². The minimum absolute atomic E-state index is 0.00846. The van der Waals surface area contributed by atoms with Crippen LogP contribution in [0.5, 0.6) is 34.5 Å². The van der Waals surface area contributed by atoms with Gasteiger partial charge in [-0.15, -0.1) is 0 Å². The fourth-order valence-electron chi connectivity index (χ4n) is 10.1. The molecule has 2 N–H and O–H groups in total. The standard InChI is InChI=1S/C48H56N8O10/c1-61-34-13-11-29(23-37(34)62-2)41-31-7-3-4-8-32(31)46(58)56(53-41)30-17-21-55(22-18-30)47(59)33(12-16-39(57)54-19-5-6-20-54)52-48(60)66-38-24-49-44-42(38)50-26-51-43(44)40-35(63-25-28-9-10-28)14-15-36-45(40)65-27-64-36/h11,13-15,23-24,26,28,30-33,49H,3-10,12,16-22,25,27H2,1-2H3,(H,52,60)/t31-,32+,33-/m0/s1. The fourth-order valence-corrected chi connectivity index (χ4v) is 10.1. The number of ether oxygens (including phenoxy) is 6. The zero-order valence-corrected chi connectivity index (χ0v) is 37.4. The average molecular weight is 905 g/mol. The predicted molar refractivity (Wildman–Crippen MR) is 240 cm³/mol. The van der Waals surface area contributed by atoms with Crippen LogP contribution in [0.25, 0.3) is 22.3 Å². The lowest BCUT2D eigenvalue weighted by Gasteiger charge is -2.43. The molecule has 66 heavy (non-hydrogen) atoms. The Morgan fingerprint density at radius 3 is 2.39 bits per heavy atom. The van der Waals surface area contributed by atoms with Gasteiger partial charge in [0, 0.05) is 56.2 Å². The van der Waals surface area contributed by atoms with Gasteiger partial charge in [0.05, 0.1) is 43.7 Å². The normalized spacial score (nSPS) is 21.0. The zero-order chi connectivity index (χ0) is 45.3. The molecule has 2 saturated carbocycles. The molecule has 0 unspecified atom stereocenters. The lowest BCUT2D eigenvalue weighted by Crippen LogP contribution is -2.55. The summed E-state index contributed by atoms with van der Waals surface area (Å²) in [5, 5.41) is 9.54. The summed E-state index contributed by atoms with van der Waals surface area (Å²) >= 11 is 0. The number of hydrogen-bond acceptors (Lipinski definition) is 13. The maximum Gasteiger partial charge on any atom is 0.413 e. The molecule has 0 spiro atoms. The lowest BCUT2D eigenvalue weighted by atomic mass is 9.73. The highest BCUT2D eigenvalue weighted by atomic mass is 16.7. The van der Waals surface area contributed by atoms with Gasteiger partial charge in [-0.1, -0.05) is 12.8 Å². The molecule has 0 bridgehead atoms. The molecule has 4 aromatic rings. The first-order valence-electron chi connectivity index (χ1n) is 23.3. The van der Waals surface area contributed by atoms with Crippen molar-refractivity contribution in [1.29, 1.82) is 0 Å². The number of hydrogen-bond donors (Lipinski definition) is 2. The number of amides is 4. The van der Waals surface area contributed by atoms with E-state index in [1.807, 2.05) is 30.3 Å². The number of nitrogens with zero attached hydrogens (tertiary/aromatic N) is 6. The minimum Gasteiger partial charge on any atom is -0.493 e. The molecule has 18 heteroatoms. The molecule has 4 amide bonds. The van der Waals surface area contributed by atoms with E-state index in [1.165, 1.54) is 12.5 Å². The number of H-pyrrole nitrogens is 1. The summed E-state index contributed by atoms with van der Waals surface area (Å²) in [6.07, 6.45) is 11.0. The molecule has 6 aliphatic rings. The second kappa shape index (κ2) is 18.7. The van der Waals surface area contributed by atoms with Crippen LogP contribution in [0, 0.1) is 17.8 Å². The first-order valence-corrected chi connectivity index (χ1v) is 23.3. The molecule has 2 saturated heterocycles. The molecule has 0 radical (unpaired) electrons. The topological polar surface area (TPSA) is 199 Å². The molecule has 2 aromatic heterocycles. The van der Waals surface area contributed by atoms with Gasteiger partial charge in [-0.3, -0.25) is 14.4 Å². The van der Waals surface area contributed by atoms with Crippen molar-refractivity contribution < 1.29 is 47.6 Å². The van der Waals surface area contributed by atoms with Crippen molar-refractivity contribution in [1.82, 2.24) is 35.1 Å². The fraction of sp³-hybridized carbons (Fsp3) is 0.521. The van der Waals surface area contributed by atoms with Gasteiger partial charge in [0.15, 0.2) is 28.7 Å². The van der Waals surface area contributed by atoms with Gasteiger partial charge in [0.25, 0.3) is 0 Å². The number of fused-ring (bicyclic) bond motifs is 3. The molecule has 6 heterocycles. The Morgan fingerprint density at radius 2 is 1.62 bits per heavy atom. The monoisotopic (exact) mass is 904 g/mol. The Balaban J connectivity index is 0.853. The van der Waals surface area contributed by atoms with Gasteiger partial charge in [-0.2, -0.15) is 5.10 Å². The summed E-state index contributed by atoms with van der Waals surface area (Å²) in [6, 6.07) is 8.14. The molecule has 3 atom stereocenters. The summed E-state index contributed by atoms with van der Waals surface area (Å²) in [5.41, 5.74) is 3.66. The van der Waals surface area contributed by atoms with Crippen molar-refractivity contribution in [3.05, 3.63) is 48.4 Å². The second-order valence-electron chi connectivity index (χ2n) is 18.0. The SMILES string of the molecule is COc1ccc(C2=NN(C3CCN(C(=O)[C@H](CCC(=O)N4CCCC4)NC(=O)Oc4c[nH]c5c(-c6c(OCC7CC7)ccc7c6OCO7)ncnc45)CC3)C(=O)[C@@H]3CCCC[C@H]23)cc1OC. The molecule has 348 valence electrons. The summed E-state index contributed by atoms with van der Waals surface area (Å²) < 4.78 is 34.8. The molecule has 18 nitrogen and oxygen atoms in total. The van der Waals surface area contributed by atoms with Gasteiger partial charge in [0.1, 0.15) is 29.3 Å². The van der Waals surface area contributed by atoms with Crippen LogP contribution < -0.4 is 33.7 Å². The van der Waals surface area contributed by atoms with Crippen LogP contribution in [-0.4, -0.2) is 125 Å². The van der Waals surface area contributed by atoms with Gasteiger partial charge >= 0.3 is 6.09 Å². The van der Waals surface area contributed by atoms with E-state index in [0.29, 0.717) is 103 Å². The number of benzene rings is 2. The van der Waals surface area contributed by atoms with E-state index >= 15 is 0 Å². The average Bonchev–Trinajstić information content (AvgIpc) is 3.65. The number of rotatable bonds is 14. The van der Waals surface area contributed by atoms with Crippen molar-refractivity contribution in [3.8, 4) is 45.8 Å². The van der Waals surface area contributed by atoms with Crippen molar-refractivity contribution in [2.24, 2.45) is 22.9 Å². The van der Waals surface area contributed by atoms with Crippen molar-refractivity contribution in [2.45, 2.75) is 89.1 Å². The van der Waals surface area contributed by atoms with Crippen LogP contribution in [0.3, 0.4) is 0 Å². The van der Waals surface area contributed by atoms with Gasteiger partial charge in [-0.25, -0.2) is 19.8 Å². The lowest BCUT2D eigenvalue weighted by molar-refractivity contribution is -0.143. The molecule has 10 rings (SSSR count). The molecule has 2 aromatic carbocycles. The van der Waals surface area contributed by atoms with E-state index in [9.17, 15) is 19.2 Å². The maximum absolute atomic E-state index is 14.4. The smallest absolute Gasteiger partial charge is 0.413 e. The largest absolute Gasteiger partial charge is 0.493 e. The highest BCUT2D eigenvalue weighted by molar-refractivity contribution is 6.07. The van der Waals surface area contributed by atoms with Crippen molar-refractivity contribution in [3.63, 3.8) is 0 Å². The molecular weight excluding hydrogens is 849 g/mol. The Morgan fingerprint density at radius 1 is 0.848 bits per heavy atom. The number of likely N-dealkylation sites (tertiary alicyclic amines) is 2. The Hall–Kier alpha value is -6.59. The third-order valence-corrected chi connectivity index (χ3v) is 13.9. The number of nitrogens with one attached hydrogen (secondary N) is 2. The summed E-state index contributed by atoms with van der Waals surface area (Å²) in [5.74, 6) is 2.97. The maximum atomic E-state index is 14.4. The second-order valence-corrected chi connectivity index (χ2v) is 18.0. The summed E-state index contributed by atoms with van der Waals surface area (Å²) in [6.45, 7) is 2.65. The van der Waals surface area contributed by atoms with Crippen LogP contribution in [0.1, 0.15) is 82.6 Å². The molecule has 2 aliphatic carbocycles. The number of aromatic amines is 1. The molecule has 4 aliphatic heterocycles. The minimum atomic E-state index is -1.06. The Kier molecular flexibility index (Phi) is 12.3. The molecular formula is C48H56N8O10. The van der Waals surface area contributed by atoms with Crippen molar-refractivity contribution >= 4 is 40.6 Å². The zero-order valence-electron chi connectivity index (χ0n) is 37.4. The first-order chi connectivity index (χ1) is 32.3. The first kappa shape index (κ1) is 43.3. The van der Waals surface area contributed by atoms with Crippen LogP contribution in [0.2, 0.25) is 0 Å². The van der Waals surface area contributed by atoms with Gasteiger partial charge in [0.2, 0.25) is 24.5 Å². The third kappa shape index (κ3) is 8.64. The van der Waals surface area contributed by atoms with E-state index < -0.39 is 12.1 Å². The summed E-state index contributed by atoms with van der Waals surface area (Å²) in [4.78, 5) is 71.4. The van der Waals surface area contributed by atoms with Gasteiger partial charge in [-0.05, 0) is 94.0 Å². The quantitative estimate of drug-likeness (QED) is 0.149. The number of aromatic nitrogens is 3. The number of methoxy groups -OCH3 is 2.